The van der Waals surface area contributed by atoms with Crippen LogP contribution in [-0.4, -0.2) is 4.98 Å². The van der Waals surface area contributed by atoms with E-state index in [0.717, 1.165) is 36.8 Å². The average Bonchev–Trinajstić information content (AvgIpc) is 3.02. The SMILES string of the molecule is FC(F)(F)c1ccc(C2=c3c(ccc4c3=CCc3ccccc3-4)C(Cc3ccccc3)CC2)cc1.c1ccncc1. The normalized spacial score (nSPS) is 15.4. The molecular formula is C37H30F3N. The van der Waals surface area contributed by atoms with Gasteiger partial charge in [0.15, 0.2) is 0 Å². The van der Waals surface area contributed by atoms with Gasteiger partial charge in [-0.1, -0.05) is 91.0 Å². The molecule has 1 heterocycles. The number of benzene rings is 4. The summed E-state index contributed by atoms with van der Waals surface area (Å²) < 4.78 is 39.6. The fraction of sp³-hybridized carbons (Fsp3) is 0.162. The standard InChI is InChI=1S/C32H25F3.C5H5N/c33-32(34,35)25-14-10-23(11-15-25)27-16-13-24(20-21-6-2-1-3-7-21)28-18-19-29-26-9-5-4-8-22(26)12-17-30(29)31(27)28;1-2-4-6-5-3-1/h1-11,14-15,17-19,24H,12-13,16,20H2;1-5H. The minimum atomic E-state index is -4.33. The van der Waals surface area contributed by atoms with Crippen LogP contribution in [0.5, 0.6) is 0 Å². The molecule has 1 atom stereocenters. The van der Waals surface area contributed by atoms with E-state index in [0.29, 0.717) is 5.92 Å². The van der Waals surface area contributed by atoms with E-state index in [4.69, 9.17) is 0 Å². The second kappa shape index (κ2) is 11.6. The highest BCUT2D eigenvalue weighted by molar-refractivity contribution is 5.77. The van der Waals surface area contributed by atoms with E-state index in [1.54, 1.807) is 24.5 Å². The van der Waals surface area contributed by atoms with Crippen molar-refractivity contribution >= 4 is 11.6 Å². The lowest BCUT2D eigenvalue weighted by molar-refractivity contribution is -0.137. The second-order valence-electron chi connectivity index (χ2n) is 10.6. The Hall–Kier alpha value is -4.44. The van der Waals surface area contributed by atoms with Crippen LogP contribution in [0.25, 0.3) is 22.8 Å². The third kappa shape index (κ3) is 5.74. The van der Waals surface area contributed by atoms with Gasteiger partial charge in [-0.3, -0.25) is 4.98 Å². The van der Waals surface area contributed by atoms with E-state index in [1.165, 1.54) is 50.4 Å². The molecule has 2 aliphatic rings. The first kappa shape index (κ1) is 26.8. The van der Waals surface area contributed by atoms with Crippen LogP contribution in [0.1, 0.15) is 46.6 Å². The zero-order chi connectivity index (χ0) is 28.2. The summed E-state index contributed by atoms with van der Waals surface area (Å²) in [6, 6.07) is 35.0. The summed E-state index contributed by atoms with van der Waals surface area (Å²) >= 11 is 0. The van der Waals surface area contributed by atoms with Gasteiger partial charge in [-0.2, -0.15) is 13.2 Å². The third-order valence-corrected chi connectivity index (χ3v) is 8.05. The summed E-state index contributed by atoms with van der Waals surface area (Å²) in [5.74, 6) is 0.376. The number of pyridine rings is 1. The van der Waals surface area contributed by atoms with Crippen molar-refractivity contribution in [2.45, 2.75) is 37.8 Å². The number of nitrogens with zero attached hydrogens (tertiary/aromatic N) is 1. The van der Waals surface area contributed by atoms with Crippen molar-refractivity contribution in [3.8, 4) is 11.1 Å². The number of halogens is 3. The van der Waals surface area contributed by atoms with Crippen molar-refractivity contribution in [1.29, 1.82) is 0 Å². The molecule has 0 aliphatic heterocycles. The molecule has 1 nitrogen and oxygen atoms in total. The maximum atomic E-state index is 13.2. The maximum absolute atomic E-state index is 13.2. The van der Waals surface area contributed by atoms with E-state index in [9.17, 15) is 13.2 Å². The van der Waals surface area contributed by atoms with Gasteiger partial charge in [-0.15, -0.1) is 0 Å². The molecule has 2 aliphatic carbocycles. The Morgan fingerprint density at radius 3 is 2.10 bits per heavy atom. The van der Waals surface area contributed by atoms with Gasteiger partial charge in [0.25, 0.3) is 0 Å². The average molecular weight is 546 g/mol. The van der Waals surface area contributed by atoms with Gasteiger partial charge >= 0.3 is 6.18 Å². The first-order valence-electron chi connectivity index (χ1n) is 14.0. The van der Waals surface area contributed by atoms with Crippen LogP contribution < -0.4 is 10.4 Å². The molecule has 7 rings (SSSR count). The molecule has 0 radical (unpaired) electrons. The Balaban J connectivity index is 0.000000449. The van der Waals surface area contributed by atoms with Crippen molar-refractivity contribution in [1.82, 2.24) is 4.98 Å². The Bertz CT molecular complexity index is 1730. The van der Waals surface area contributed by atoms with Gasteiger partial charge in [-0.25, -0.2) is 0 Å². The van der Waals surface area contributed by atoms with E-state index < -0.39 is 11.7 Å². The zero-order valence-electron chi connectivity index (χ0n) is 22.6. The molecule has 5 aromatic rings. The Morgan fingerprint density at radius 1 is 0.707 bits per heavy atom. The molecule has 41 heavy (non-hydrogen) atoms. The maximum Gasteiger partial charge on any atom is 0.416 e. The Morgan fingerprint density at radius 2 is 1.41 bits per heavy atom. The molecule has 204 valence electrons. The highest BCUT2D eigenvalue weighted by Gasteiger charge is 2.30. The topological polar surface area (TPSA) is 12.9 Å². The summed E-state index contributed by atoms with van der Waals surface area (Å²) in [7, 11) is 0. The molecule has 0 N–H and O–H groups in total. The number of fused-ring (bicyclic) bond motifs is 5. The molecule has 0 bridgehead atoms. The first-order chi connectivity index (χ1) is 20.0. The lowest BCUT2D eigenvalue weighted by Crippen LogP contribution is -2.38. The van der Waals surface area contributed by atoms with Crippen LogP contribution in [-0.2, 0) is 19.0 Å². The fourth-order valence-electron chi connectivity index (χ4n) is 6.10. The van der Waals surface area contributed by atoms with E-state index in [1.807, 2.05) is 24.3 Å². The lowest BCUT2D eigenvalue weighted by Gasteiger charge is -2.28. The van der Waals surface area contributed by atoms with Crippen LogP contribution in [0.4, 0.5) is 13.2 Å². The molecule has 0 saturated heterocycles. The molecule has 0 saturated carbocycles. The van der Waals surface area contributed by atoms with Gasteiger partial charge in [0, 0.05) is 12.4 Å². The second-order valence-corrected chi connectivity index (χ2v) is 10.6. The zero-order valence-corrected chi connectivity index (χ0v) is 22.6. The summed E-state index contributed by atoms with van der Waals surface area (Å²) in [6.07, 6.45) is 5.14. The van der Waals surface area contributed by atoms with Crippen molar-refractivity contribution in [2.75, 3.05) is 0 Å². The fourth-order valence-corrected chi connectivity index (χ4v) is 6.10. The monoisotopic (exact) mass is 545 g/mol. The lowest BCUT2D eigenvalue weighted by atomic mass is 9.76. The molecule has 4 aromatic carbocycles. The minimum absolute atomic E-state index is 0.376. The molecule has 0 spiro atoms. The van der Waals surface area contributed by atoms with Crippen LogP contribution >= 0.6 is 0 Å². The number of aromatic nitrogens is 1. The van der Waals surface area contributed by atoms with Crippen molar-refractivity contribution in [2.24, 2.45) is 0 Å². The van der Waals surface area contributed by atoms with Gasteiger partial charge in [0.1, 0.15) is 0 Å². The van der Waals surface area contributed by atoms with Crippen LogP contribution in [0.15, 0.2) is 122 Å². The molecule has 0 fully saturated rings. The molecule has 1 unspecified atom stereocenters. The summed E-state index contributed by atoms with van der Waals surface area (Å²) in [5, 5.41) is 2.46. The smallest absolute Gasteiger partial charge is 0.265 e. The predicted octanol–water partition coefficient (Wildman–Crippen LogP) is 8.11. The molecule has 4 heteroatoms. The third-order valence-electron chi connectivity index (χ3n) is 8.05. The van der Waals surface area contributed by atoms with Gasteiger partial charge in [-0.05, 0) is 105 Å². The Kier molecular flexibility index (Phi) is 7.56. The number of rotatable bonds is 3. The van der Waals surface area contributed by atoms with E-state index in [2.05, 4.69) is 71.7 Å². The Labute approximate surface area is 238 Å². The number of hydrogen-bond donors (Lipinski definition) is 0. The van der Waals surface area contributed by atoms with Crippen molar-refractivity contribution in [3.63, 3.8) is 0 Å². The molecular weight excluding hydrogens is 515 g/mol. The van der Waals surface area contributed by atoms with Crippen LogP contribution in [0.3, 0.4) is 0 Å². The largest absolute Gasteiger partial charge is 0.416 e. The molecule has 0 amide bonds. The molecule has 1 aromatic heterocycles. The van der Waals surface area contributed by atoms with Gasteiger partial charge in [0.05, 0.1) is 5.56 Å². The van der Waals surface area contributed by atoms with Crippen molar-refractivity contribution < 1.29 is 13.2 Å². The first-order valence-corrected chi connectivity index (χ1v) is 14.0. The van der Waals surface area contributed by atoms with Crippen LogP contribution in [0, 0.1) is 0 Å². The highest BCUT2D eigenvalue weighted by atomic mass is 19.4. The predicted molar refractivity (Wildman–Crippen MR) is 160 cm³/mol. The van der Waals surface area contributed by atoms with E-state index in [-0.39, 0.29) is 0 Å². The summed E-state index contributed by atoms with van der Waals surface area (Å²) in [6.45, 7) is 0. The summed E-state index contributed by atoms with van der Waals surface area (Å²) in [4.78, 5) is 3.78. The number of hydrogen-bond acceptors (Lipinski definition) is 1. The minimum Gasteiger partial charge on any atom is -0.265 e. The highest BCUT2D eigenvalue weighted by Crippen LogP contribution is 2.35. The van der Waals surface area contributed by atoms with Gasteiger partial charge in [0.2, 0.25) is 0 Å². The summed E-state index contributed by atoms with van der Waals surface area (Å²) in [5.41, 5.74) is 7.85. The quantitative estimate of drug-likeness (QED) is 0.223. The van der Waals surface area contributed by atoms with Crippen LogP contribution in [0.2, 0.25) is 0 Å². The van der Waals surface area contributed by atoms with E-state index >= 15 is 0 Å². The van der Waals surface area contributed by atoms with Gasteiger partial charge < -0.3 is 0 Å². The van der Waals surface area contributed by atoms with Crippen molar-refractivity contribution in [3.05, 3.63) is 160 Å². The number of alkyl halides is 3.